The number of para-hydroxylation sites is 2. The zero-order chi connectivity index (χ0) is 21.2. The summed E-state index contributed by atoms with van der Waals surface area (Å²) in [6.07, 6.45) is 1.83. The quantitative estimate of drug-likeness (QED) is 0.587. The van der Waals surface area contributed by atoms with Crippen molar-refractivity contribution in [1.82, 2.24) is 14.9 Å². The van der Waals surface area contributed by atoms with Crippen LogP contribution in [0.15, 0.2) is 29.1 Å². The molecule has 1 aromatic heterocycles. The van der Waals surface area contributed by atoms with Gasteiger partial charge in [-0.3, -0.25) is 19.2 Å². The first-order chi connectivity index (χ1) is 14.0. The number of fused-ring (bicyclic) bond motifs is 1. The Morgan fingerprint density at radius 3 is 2.66 bits per heavy atom. The highest BCUT2D eigenvalue weighted by atomic mass is 16.5. The summed E-state index contributed by atoms with van der Waals surface area (Å²) in [6, 6.07) is 7.37. The molecule has 9 heteroatoms. The minimum atomic E-state index is -0.632. The van der Waals surface area contributed by atoms with E-state index in [4.69, 9.17) is 4.74 Å². The van der Waals surface area contributed by atoms with Gasteiger partial charge in [0.2, 0.25) is 0 Å². The van der Waals surface area contributed by atoms with Crippen molar-refractivity contribution in [3.63, 3.8) is 0 Å². The average molecular weight is 403 g/mol. The molecular weight excluding hydrogens is 378 g/mol. The summed E-state index contributed by atoms with van der Waals surface area (Å²) < 4.78 is 11.0. The first-order valence-electron chi connectivity index (χ1n) is 9.43. The molecule has 0 bridgehead atoms. The van der Waals surface area contributed by atoms with Crippen LogP contribution < -0.4 is 10.9 Å². The fourth-order valence-electron chi connectivity index (χ4n) is 2.68. The summed E-state index contributed by atoms with van der Waals surface area (Å²) in [5.74, 6) is -1.85. The van der Waals surface area contributed by atoms with Crippen LogP contribution in [0.3, 0.4) is 0 Å². The van der Waals surface area contributed by atoms with E-state index in [1.165, 1.54) is 7.11 Å². The summed E-state index contributed by atoms with van der Waals surface area (Å²) in [7, 11) is 1.20. The number of unbranched alkanes of at least 4 members (excludes halogenated alkanes) is 1. The minimum absolute atomic E-state index is 0.0847. The van der Waals surface area contributed by atoms with E-state index in [-0.39, 0.29) is 30.6 Å². The normalized spacial score (nSPS) is 10.6. The zero-order valence-electron chi connectivity index (χ0n) is 16.6. The molecule has 29 heavy (non-hydrogen) atoms. The summed E-state index contributed by atoms with van der Waals surface area (Å²) in [4.78, 5) is 51.6. The van der Waals surface area contributed by atoms with Crippen LogP contribution in [-0.2, 0) is 36.8 Å². The lowest BCUT2D eigenvalue weighted by Crippen LogP contribution is -2.33. The van der Waals surface area contributed by atoms with Crippen LogP contribution in [0.1, 0.15) is 31.9 Å². The molecule has 0 radical (unpaired) electrons. The number of aryl methyl sites for hydroxylation is 2. The summed E-state index contributed by atoms with van der Waals surface area (Å²) in [5, 5.41) is 2.26. The third kappa shape index (κ3) is 6.41. The molecular formula is C20H25N3O6. The highest BCUT2D eigenvalue weighted by molar-refractivity contribution is 5.84. The van der Waals surface area contributed by atoms with E-state index in [1.807, 2.05) is 31.2 Å². The van der Waals surface area contributed by atoms with Crippen LogP contribution >= 0.6 is 0 Å². The van der Waals surface area contributed by atoms with Crippen molar-refractivity contribution in [2.45, 2.75) is 39.2 Å². The molecule has 0 unspecified atom stereocenters. The number of hydrogen-bond acceptors (Lipinski definition) is 7. The maximum absolute atomic E-state index is 12.8. The Morgan fingerprint density at radius 2 is 1.93 bits per heavy atom. The molecule has 0 atom stereocenters. The van der Waals surface area contributed by atoms with Crippen LogP contribution in [-0.4, -0.2) is 47.7 Å². The number of benzene rings is 1. The molecule has 0 saturated heterocycles. The standard InChI is InChI=1S/C20H25N3O6/c1-3-4-11-23-16-8-6-5-7-14(16)22-15(20(23)27)9-10-18(25)29-13-17(24)21-12-19(26)28-2/h5-8H,3-4,9-13H2,1-2H3,(H,21,24). The van der Waals surface area contributed by atoms with Gasteiger partial charge in [0.15, 0.2) is 6.61 Å². The number of nitrogens with one attached hydrogen (secondary N) is 1. The average Bonchev–Trinajstić information content (AvgIpc) is 2.73. The number of hydrogen-bond donors (Lipinski definition) is 1. The SMILES string of the molecule is CCCCn1c(=O)c(CCC(=O)OCC(=O)NCC(=O)OC)nc2ccccc21. The minimum Gasteiger partial charge on any atom is -0.468 e. The highest BCUT2D eigenvalue weighted by Gasteiger charge is 2.14. The molecule has 0 aliphatic heterocycles. The van der Waals surface area contributed by atoms with Crippen molar-refractivity contribution < 1.29 is 23.9 Å². The van der Waals surface area contributed by atoms with Gasteiger partial charge in [-0.1, -0.05) is 25.5 Å². The molecule has 1 amide bonds. The Balaban J connectivity index is 1.98. The monoisotopic (exact) mass is 403 g/mol. The Morgan fingerprint density at radius 1 is 1.17 bits per heavy atom. The van der Waals surface area contributed by atoms with Crippen LogP contribution in [0.2, 0.25) is 0 Å². The number of aromatic nitrogens is 2. The summed E-state index contributed by atoms with van der Waals surface area (Å²) >= 11 is 0. The first-order valence-corrected chi connectivity index (χ1v) is 9.43. The second-order valence-corrected chi connectivity index (χ2v) is 6.37. The van der Waals surface area contributed by atoms with Gasteiger partial charge in [0.1, 0.15) is 12.2 Å². The van der Waals surface area contributed by atoms with E-state index in [0.29, 0.717) is 12.1 Å². The van der Waals surface area contributed by atoms with Gasteiger partial charge in [0, 0.05) is 13.0 Å². The van der Waals surface area contributed by atoms with E-state index in [0.717, 1.165) is 18.4 Å². The van der Waals surface area contributed by atoms with Crippen LogP contribution in [0, 0.1) is 0 Å². The van der Waals surface area contributed by atoms with Crippen molar-refractivity contribution in [3.8, 4) is 0 Å². The third-order valence-electron chi connectivity index (χ3n) is 4.24. The Labute approximate surface area is 168 Å². The van der Waals surface area contributed by atoms with E-state index in [1.54, 1.807) is 4.57 Å². The lowest BCUT2D eigenvalue weighted by atomic mass is 10.2. The topological polar surface area (TPSA) is 117 Å². The maximum atomic E-state index is 12.8. The van der Waals surface area contributed by atoms with Crippen LogP contribution in [0.5, 0.6) is 0 Å². The molecule has 156 valence electrons. The van der Waals surface area contributed by atoms with Crippen LogP contribution in [0.25, 0.3) is 11.0 Å². The van der Waals surface area contributed by atoms with Crippen molar-refractivity contribution in [1.29, 1.82) is 0 Å². The van der Waals surface area contributed by atoms with Gasteiger partial charge in [-0.15, -0.1) is 0 Å². The molecule has 2 rings (SSSR count). The molecule has 1 aromatic carbocycles. The van der Waals surface area contributed by atoms with Gasteiger partial charge in [-0.05, 0) is 18.6 Å². The maximum Gasteiger partial charge on any atom is 0.325 e. The largest absolute Gasteiger partial charge is 0.468 e. The zero-order valence-corrected chi connectivity index (χ0v) is 16.6. The third-order valence-corrected chi connectivity index (χ3v) is 4.24. The number of carbonyl (C=O) groups excluding carboxylic acids is 3. The highest BCUT2D eigenvalue weighted by Crippen LogP contribution is 2.12. The van der Waals surface area contributed by atoms with E-state index in [9.17, 15) is 19.2 Å². The van der Waals surface area contributed by atoms with E-state index >= 15 is 0 Å². The Hall–Kier alpha value is -3.23. The molecule has 0 fully saturated rings. The fourth-order valence-corrected chi connectivity index (χ4v) is 2.68. The number of nitrogens with zero attached hydrogens (tertiary/aromatic N) is 2. The predicted molar refractivity (Wildman–Crippen MR) is 105 cm³/mol. The molecule has 1 heterocycles. The number of carbonyl (C=O) groups is 3. The van der Waals surface area contributed by atoms with Crippen molar-refractivity contribution in [3.05, 3.63) is 40.3 Å². The molecule has 0 spiro atoms. The van der Waals surface area contributed by atoms with Gasteiger partial charge in [0.05, 0.1) is 24.6 Å². The second-order valence-electron chi connectivity index (χ2n) is 6.37. The van der Waals surface area contributed by atoms with Gasteiger partial charge >= 0.3 is 11.9 Å². The van der Waals surface area contributed by atoms with E-state index < -0.39 is 24.5 Å². The number of rotatable bonds is 10. The molecule has 9 nitrogen and oxygen atoms in total. The van der Waals surface area contributed by atoms with Gasteiger partial charge in [-0.2, -0.15) is 0 Å². The molecule has 0 saturated carbocycles. The number of amides is 1. The predicted octanol–water partition coefficient (Wildman–Crippen LogP) is 0.962. The number of methoxy groups -OCH3 is 1. The summed E-state index contributed by atoms with van der Waals surface area (Å²) in [5.41, 5.74) is 1.51. The first kappa shape index (κ1) is 22.1. The number of ether oxygens (including phenoxy) is 2. The Bertz CT molecular complexity index is 937. The lowest BCUT2D eigenvalue weighted by Gasteiger charge is -2.12. The second kappa shape index (κ2) is 10.9. The lowest BCUT2D eigenvalue weighted by molar-refractivity contribution is -0.149. The molecule has 1 N–H and O–H groups in total. The Kier molecular flexibility index (Phi) is 8.32. The van der Waals surface area contributed by atoms with Crippen molar-refractivity contribution in [2.75, 3.05) is 20.3 Å². The number of esters is 2. The van der Waals surface area contributed by atoms with Gasteiger partial charge < -0.3 is 19.4 Å². The van der Waals surface area contributed by atoms with Crippen molar-refractivity contribution >= 4 is 28.9 Å². The fraction of sp³-hybridized carbons (Fsp3) is 0.450. The molecule has 2 aromatic rings. The smallest absolute Gasteiger partial charge is 0.325 e. The van der Waals surface area contributed by atoms with E-state index in [2.05, 4.69) is 15.0 Å². The van der Waals surface area contributed by atoms with Gasteiger partial charge in [-0.25, -0.2) is 4.98 Å². The molecule has 0 aliphatic carbocycles. The van der Waals surface area contributed by atoms with Crippen LogP contribution in [0.4, 0.5) is 0 Å². The van der Waals surface area contributed by atoms with Gasteiger partial charge in [0.25, 0.3) is 11.5 Å². The summed E-state index contributed by atoms with van der Waals surface area (Å²) in [6.45, 7) is 1.82. The van der Waals surface area contributed by atoms with Crippen molar-refractivity contribution in [2.24, 2.45) is 0 Å². The molecule has 0 aliphatic rings.